The molecule has 3 rings (SSSR count). The van der Waals surface area contributed by atoms with Crippen molar-refractivity contribution >= 4 is 44.8 Å². The molecule has 1 unspecified atom stereocenters. The summed E-state index contributed by atoms with van der Waals surface area (Å²) in [6.45, 7) is 0.576. The second-order valence-corrected chi connectivity index (χ2v) is 7.89. The van der Waals surface area contributed by atoms with Gasteiger partial charge in [-0.2, -0.15) is 0 Å². The lowest BCUT2D eigenvalue weighted by molar-refractivity contribution is 0.493. The Morgan fingerprint density at radius 1 is 1.58 bits per heavy atom. The molecule has 0 aromatic carbocycles. The van der Waals surface area contributed by atoms with Crippen molar-refractivity contribution in [3.63, 3.8) is 0 Å². The molecule has 19 heavy (non-hydrogen) atoms. The summed E-state index contributed by atoms with van der Waals surface area (Å²) in [5, 5.41) is 0.541. The van der Waals surface area contributed by atoms with Crippen molar-refractivity contribution in [3.8, 4) is 0 Å². The van der Waals surface area contributed by atoms with Crippen molar-refractivity contribution in [1.82, 2.24) is 14.5 Å². The topological polar surface area (TPSA) is 67.8 Å². The van der Waals surface area contributed by atoms with Crippen molar-refractivity contribution in [1.29, 1.82) is 0 Å². The van der Waals surface area contributed by atoms with Gasteiger partial charge >= 0.3 is 0 Å². The van der Waals surface area contributed by atoms with Gasteiger partial charge in [-0.05, 0) is 30.6 Å². The van der Waals surface area contributed by atoms with Crippen molar-refractivity contribution < 1.29 is 8.42 Å². The first-order chi connectivity index (χ1) is 8.94. The number of nitrogens with zero attached hydrogens (tertiary/aromatic N) is 2. The van der Waals surface area contributed by atoms with E-state index in [0.29, 0.717) is 22.8 Å². The highest BCUT2D eigenvalue weighted by molar-refractivity contribution is 7.91. The van der Waals surface area contributed by atoms with Crippen LogP contribution in [0.15, 0.2) is 12.3 Å². The fraction of sp³-hybridized carbons (Fsp3) is 0.455. The summed E-state index contributed by atoms with van der Waals surface area (Å²) in [5.41, 5.74) is 1.50. The highest BCUT2D eigenvalue weighted by Gasteiger charge is 2.28. The van der Waals surface area contributed by atoms with Crippen LogP contribution < -0.4 is 0 Å². The number of halogens is 1. The standard InChI is InChI=1S/C11H12ClN3O2S2/c12-8-3-9-10(13-4-8)15(11(18)14-9)5-7-1-2-19(16,17)6-7/h3-4,7H,1-2,5-6H2,(H,14,18). The molecule has 1 saturated heterocycles. The minimum atomic E-state index is -2.87. The highest BCUT2D eigenvalue weighted by Crippen LogP contribution is 2.23. The number of rotatable bonds is 2. The predicted octanol–water partition coefficient (Wildman–Crippen LogP) is 2.18. The van der Waals surface area contributed by atoms with Crippen LogP contribution >= 0.6 is 23.8 Å². The van der Waals surface area contributed by atoms with E-state index < -0.39 is 9.84 Å². The summed E-state index contributed by atoms with van der Waals surface area (Å²) >= 11 is 11.1. The first-order valence-electron chi connectivity index (χ1n) is 5.89. The first kappa shape index (κ1) is 13.1. The van der Waals surface area contributed by atoms with Gasteiger partial charge in [-0.25, -0.2) is 13.4 Å². The van der Waals surface area contributed by atoms with E-state index in [1.165, 1.54) is 0 Å². The molecule has 1 aliphatic rings. The Labute approximate surface area is 120 Å². The largest absolute Gasteiger partial charge is 0.329 e. The number of hydrogen-bond donors (Lipinski definition) is 1. The molecule has 3 heterocycles. The van der Waals surface area contributed by atoms with E-state index in [4.69, 9.17) is 23.8 Å². The van der Waals surface area contributed by atoms with Gasteiger partial charge < -0.3 is 9.55 Å². The molecule has 1 atom stereocenters. The maximum Gasteiger partial charge on any atom is 0.179 e. The van der Waals surface area contributed by atoms with Gasteiger partial charge in [-0.1, -0.05) is 11.6 Å². The van der Waals surface area contributed by atoms with Crippen LogP contribution in [0, 0.1) is 10.7 Å². The van der Waals surface area contributed by atoms with Crippen molar-refractivity contribution in [2.75, 3.05) is 11.5 Å². The minimum Gasteiger partial charge on any atom is -0.329 e. The number of imidazole rings is 1. The molecule has 0 amide bonds. The number of aromatic amines is 1. The molecule has 8 heteroatoms. The average molecular weight is 318 g/mol. The smallest absolute Gasteiger partial charge is 0.179 e. The van der Waals surface area contributed by atoms with Crippen molar-refractivity contribution in [2.24, 2.45) is 5.92 Å². The van der Waals surface area contributed by atoms with E-state index in [1.54, 1.807) is 12.3 Å². The van der Waals surface area contributed by atoms with Gasteiger partial charge in [0.05, 0.1) is 22.0 Å². The van der Waals surface area contributed by atoms with Crippen LogP contribution in [0.4, 0.5) is 0 Å². The molecule has 0 bridgehead atoms. The molecule has 0 radical (unpaired) electrons. The van der Waals surface area contributed by atoms with Crippen LogP contribution in [-0.2, 0) is 16.4 Å². The fourth-order valence-electron chi connectivity index (χ4n) is 2.46. The summed E-state index contributed by atoms with van der Waals surface area (Å²) in [4.78, 5) is 7.31. The quantitative estimate of drug-likeness (QED) is 0.862. The Morgan fingerprint density at radius 2 is 2.37 bits per heavy atom. The average Bonchev–Trinajstić information content (AvgIpc) is 2.80. The van der Waals surface area contributed by atoms with E-state index in [-0.39, 0.29) is 17.4 Å². The highest BCUT2D eigenvalue weighted by atomic mass is 35.5. The summed E-state index contributed by atoms with van der Waals surface area (Å²) in [5.74, 6) is 0.606. The Hall–Kier alpha value is -0.920. The third-order valence-corrected chi connectivity index (χ3v) is 5.71. The van der Waals surface area contributed by atoms with E-state index in [2.05, 4.69) is 9.97 Å². The summed E-state index contributed by atoms with van der Waals surface area (Å²) in [7, 11) is -2.87. The van der Waals surface area contributed by atoms with Crippen LogP contribution in [0.3, 0.4) is 0 Å². The lowest BCUT2D eigenvalue weighted by Crippen LogP contribution is -2.12. The molecular weight excluding hydrogens is 306 g/mol. The van der Waals surface area contributed by atoms with Gasteiger partial charge in [-0.3, -0.25) is 0 Å². The predicted molar refractivity (Wildman–Crippen MR) is 76.7 cm³/mol. The number of H-pyrrole nitrogens is 1. The van der Waals surface area contributed by atoms with E-state index in [9.17, 15) is 8.42 Å². The normalized spacial score (nSPS) is 22.1. The zero-order chi connectivity index (χ0) is 13.6. The monoisotopic (exact) mass is 317 g/mol. The lowest BCUT2D eigenvalue weighted by Gasteiger charge is -2.09. The van der Waals surface area contributed by atoms with Gasteiger partial charge in [0.1, 0.15) is 0 Å². The van der Waals surface area contributed by atoms with Gasteiger partial charge in [0.2, 0.25) is 0 Å². The van der Waals surface area contributed by atoms with E-state index >= 15 is 0 Å². The molecule has 0 aliphatic carbocycles. The third kappa shape index (κ3) is 2.54. The maximum absolute atomic E-state index is 11.5. The molecule has 1 fully saturated rings. The second kappa shape index (κ2) is 4.57. The molecular formula is C11H12ClN3O2S2. The van der Waals surface area contributed by atoms with Gasteiger partial charge in [0, 0.05) is 12.7 Å². The Balaban J connectivity index is 1.97. The number of fused-ring (bicyclic) bond motifs is 1. The molecule has 0 spiro atoms. The Kier molecular flexibility index (Phi) is 3.15. The van der Waals surface area contributed by atoms with Crippen molar-refractivity contribution in [2.45, 2.75) is 13.0 Å². The van der Waals surface area contributed by atoms with E-state index in [0.717, 1.165) is 11.2 Å². The number of pyridine rings is 1. The number of aromatic nitrogens is 3. The van der Waals surface area contributed by atoms with Gasteiger partial charge in [-0.15, -0.1) is 0 Å². The van der Waals surface area contributed by atoms with Crippen LogP contribution in [0.25, 0.3) is 11.2 Å². The molecule has 102 valence electrons. The van der Waals surface area contributed by atoms with Crippen LogP contribution in [0.2, 0.25) is 5.02 Å². The SMILES string of the molecule is O=S1(=O)CCC(Cn2c(=S)[nH]c3cc(Cl)cnc32)C1. The summed E-state index contributed by atoms with van der Waals surface area (Å²) in [6.07, 6.45) is 2.25. The minimum absolute atomic E-state index is 0.105. The first-order valence-corrected chi connectivity index (χ1v) is 8.50. The Morgan fingerprint density at radius 3 is 3.05 bits per heavy atom. The van der Waals surface area contributed by atoms with Crippen LogP contribution in [0.5, 0.6) is 0 Å². The molecule has 1 N–H and O–H groups in total. The third-order valence-electron chi connectivity index (χ3n) is 3.34. The molecule has 1 aliphatic heterocycles. The maximum atomic E-state index is 11.5. The van der Waals surface area contributed by atoms with E-state index in [1.807, 2.05) is 4.57 Å². The van der Waals surface area contributed by atoms with Crippen LogP contribution in [-0.4, -0.2) is 34.5 Å². The number of sulfone groups is 1. The number of hydrogen-bond acceptors (Lipinski definition) is 4. The zero-order valence-electron chi connectivity index (χ0n) is 9.97. The molecule has 2 aromatic heterocycles. The fourth-order valence-corrected chi connectivity index (χ4v) is 4.74. The molecule has 2 aromatic rings. The van der Waals surface area contributed by atoms with Gasteiger partial charge in [0.15, 0.2) is 20.3 Å². The number of nitrogens with one attached hydrogen (secondary N) is 1. The van der Waals surface area contributed by atoms with Crippen molar-refractivity contribution in [3.05, 3.63) is 22.1 Å². The Bertz CT molecular complexity index is 794. The summed E-state index contributed by atoms with van der Waals surface area (Å²) in [6, 6.07) is 1.77. The summed E-state index contributed by atoms with van der Waals surface area (Å²) < 4.78 is 25.4. The molecule has 0 saturated carbocycles. The van der Waals surface area contributed by atoms with Gasteiger partial charge in [0.25, 0.3) is 0 Å². The molecule has 5 nitrogen and oxygen atoms in total. The lowest BCUT2D eigenvalue weighted by atomic mass is 10.1. The van der Waals surface area contributed by atoms with Crippen LogP contribution in [0.1, 0.15) is 6.42 Å². The zero-order valence-corrected chi connectivity index (χ0v) is 12.4. The second-order valence-electron chi connectivity index (χ2n) is 4.83.